The third-order valence-corrected chi connectivity index (χ3v) is 3.90. The molecule has 2 fully saturated rings. The van der Waals surface area contributed by atoms with Crippen molar-refractivity contribution in [1.29, 1.82) is 0 Å². The molecule has 2 aliphatic rings. The summed E-state index contributed by atoms with van der Waals surface area (Å²) in [5.41, 5.74) is 2.50. The second kappa shape index (κ2) is 7.10. The van der Waals surface area contributed by atoms with Crippen LogP contribution in [0.4, 0.5) is 0 Å². The summed E-state index contributed by atoms with van der Waals surface area (Å²) in [4.78, 5) is 0. The Kier molecular flexibility index (Phi) is 4.94. The van der Waals surface area contributed by atoms with Gasteiger partial charge in [-0.25, -0.2) is 0 Å². The first-order chi connectivity index (χ1) is 10.3. The molecule has 0 aromatic heterocycles. The molecule has 21 heavy (non-hydrogen) atoms. The van der Waals surface area contributed by atoms with E-state index >= 15 is 0 Å². The molecule has 1 aliphatic carbocycles. The predicted molar refractivity (Wildman–Crippen MR) is 82.8 cm³/mol. The zero-order valence-electron chi connectivity index (χ0n) is 12.6. The second-order valence-corrected chi connectivity index (χ2v) is 5.97. The van der Waals surface area contributed by atoms with Gasteiger partial charge in [0.2, 0.25) is 0 Å². The van der Waals surface area contributed by atoms with Crippen LogP contribution in [0.3, 0.4) is 0 Å². The average Bonchev–Trinajstić information content (AvgIpc) is 3.37. The highest BCUT2D eigenvalue weighted by atomic mass is 16.6. The van der Waals surface area contributed by atoms with Crippen LogP contribution < -0.4 is 4.74 Å². The highest BCUT2D eigenvalue weighted by molar-refractivity contribution is 5.38. The van der Waals surface area contributed by atoms with Gasteiger partial charge in [0.05, 0.1) is 13.2 Å². The van der Waals surface area contributed by atoms with E-state index in [2.05, 4.69) is 24.8 Å². The number of hydrogen-bond acceptors (Lipinski definition) is 3. The molecule has 3 rings (SSSR count). The molecule has 3 nitrogen and oxygen atoms in total. The van der Waals surface area contributed by atoms with Crippen LogP contribution in [0.15, 0.2) is 30.9 Å². The fourth-order valence-electron chi connectivity index (χ4n) is 2.32. The van der Waals surface area contributed by atoms with Crippen molar-refractivity contribution in [2.24, 2.45) is 5.92 Å². The standard InChI is InChI=1S/C18H24O3/c1-2-3-16-10-14(8-9-19-11-15-4-5-15)6-7-18(16)21-13-17-12-20-17/h2,6-7,10,15,17H,1,3-5,8-9,11-13H2. The number of epoxide rings is 1. The zero-order valence-corrected chi connectivity index (χ0v) is 12.6. The van der Waals surface area contributed by atoms with E-state index in [1.54, 1.807) is 0 Å². The minimum atomic E-state index is 0.289. The summed E-state index contributed by atoms with van der Waals surface area (Å²) < 4.78 is 16.7. The number of hydrogen-bond donors (Lipinski definition) is 0. The summed E-state index contributed by atoms with van der Waals surface area (Å²) in [5, 5.41) is 0. The van der Waals surface area contributed by atoms with Crippen LogP contribution >= 0.6 is 0 Å². The molecule has 0 radical (unpaired) electrons. The van der Waals surface area contributed by atoms with E-state index in [-0.39, 0.29) is 6.10 Å². The molecule has 1 unspecified atom stereocenters. The van der Waals surface area contributed by atoms with E-state index in [0.717, 1.165) is 44.3 Å². The molecule has 0 spiro atoms. The highest BCUT2D eigenvalue weighted by Gasteiger charge is 2.23. The summed E-state index contributed by atoms with van der Waals surface area (Å²) >= 11 is 0. The number of ether oxygens (including phenoxy) is 3. The lowest BCUT2D eigenvalue weighted by Crippen LogP contribution is -2.07. The van der Waals surface area contributed by atoms with Crippen LogP contribution in [0.1, 0.15) is 24.0 Å². The molecule has 1 aromatic carbocycles. The lowest BCUT2D eigenvalue weighted by Gasteiger charge is -2.12. The maximum absolute atomic E-state index is 5.83. The Labute approximate surface area is 126 Å². The van der Waals surface area contributed by atoms with E-state index in [4.69, 9.17) is 14.2 Å². The van der Waals surface area contributed by atoms with Gasteiger partial charge in [0.25, 0.3) is 0 Å². The van der Waals surface area contributed by atoms with E-state index in [9.17, 15) is 0 Å². The van der Waals surface area contributed by atoms with Crippen LogP contribution in [0.2, 0.25) is 0 Å². The van der Waals surface area contributed by atoms with E-state index in [0.29, 0.717) is 6.61 Å². The van der Waals surface area contributed by atoms with Crippen molar-refractivity contribution >= 4 is 0 Å². The Morgan fingerprint density at radius 2 is 2.14 bits per heavy atom. The first-order valence-electron chi connectivity index (χ1n) is 7.90. The molecule has 1 atom stereocenters. The molecule has 0 amide bonds. The highest BCUT2D eigenvalue weighted by Crippen LogP contribution is 2.29. The Bertz CT molecular complexity index is 475. The predicted octanol–water partition coefficient (Wildman–Crippen LogP) is 3.16. The molecule has 1 aromatic rings. The third kappa shape index (κ3) is 4.87. The molecule has 3 heteroatoms. The molecule has 1 saturated carbocycles. The Morgan fingerprint density at radius 1 is 1.29 bits per heavy atom. The Balaban J connectivity index is 1.52. The van der Waals surface area contributed by atoms with Crippen molar-refractivity contribution in [3.63, 3.8) is 0 Å². The molecule has 1 heterocycles. The van der Waals surface area contributed by atoms with E-state index in [1.807, 2.05) is 6.08 Å². The van der Waals surface area contributed by atoms with Gasteiger partial charge in [-0.2, -0.15) is 0 Å². The van der Waals surface area contributed by atoms with Gasteiger partial charge in [-0.15, -0.1) is 6.58 Å². The van der Waals surface area contributed by atoms with Gasteiger partial charge < -0.3 is 14.2 Å². The first kappa shape index (κ1) is 14.6. The Morgan fingerprint density at radius 3 is 2.86 bits per heavy atom. The smallest absolute Gasteiger partial charge is 0.122 e. The van der Waals surface area contributed by atoms with Gasteiger partial charge in [0.15, 0.2) is 0 Å². The molecule has 1 aliphatic heterocycles. The monoisotopic (exact) mass is 288 g/mol. The molecule has 114 valence electrons. The summed E-state index contributed by atoms with van der Waals surface area (Å²) in [6.07, 6.45) is 6.70. The van der Waals surface area contributed by atoms with Gasteiger partial charge >= 0.3 is 0 Å². The second-order valence-electron chi connectivity index (χ2n) is 5.97. The minimum absolute atomic E-state index is 0.289. The van der Waals surface area contributed by atoms with E-state index < -0.39 is 0 Å². The molecular formula is C18H24O3. The topological polar surface area (TPSA) is 31.0 Å². The van der Waals surface area contributed by atoms with Crippen LogP contribution in [-0.4, -0.2) is 32.5 Å². The van der Waals surface area contributed by atoms with Crippen LogP contribution in [-0.2, 0) is 22.3 Å². The van der Waals surface area contributed by atoms with Crippen molar-refractivity contribution in [3.05, 3.63) is 42.0 Å². The number of benzene rings is 1. The van der Waals surface area contributed by atoms with Crippen LogP contribution in [0, 0.1) is 5.92 Å². The summed E-state index contributed by atoms with van der Waals surface area (Å²) in [7, 11) is 0. The first-order valence-corrected chi connectivity index (χ1v) is 7.90. The summed E-state index contributed by atoms with van der Waals surface area (Å²) in [5.74, 6) is 1.79. The van der Waals surface area contributed by atoms with Crippen molar-refractivity contribution in [2.45, 2.75) is 31.8 Å². The van der Waals surface area contributed by atoms with Gasteiger partial charge in [0.1, 0.15) is 18.5 Å². The molecular weight excluding hydrogens is 264 g/mol. The fourth-order valence-corrected chi connectivity index (χ4v) is 2.32. The average molecular weight is 288 g/mol. The zero-order chi connectivity index (χ0) is 14.5. The fraction of sp³-hybridized carbons (Fsp3) is 0.556. The maximum Gasteiger partial charge on any atom is 0.122 e. The summed E-state index contributed by atoms with van der Waals surface area (Å²) in [6.45, 7) is 7.04. The number of allylic oxidation sites excluding steroid dienone is 1. The van der Waals surface area contributed by atoms with Crippen LogP contribution in [0.5, 0.6) is 5.75 Å². The normalized spacial score (nSPS) is 20.3. The van der Waals surface area contributed by atoms with Gasteiger partial charge in [-0.1, -0.05) is 18.2 Å². The molecule has 0 bridgehead atoms. The SMILES string of the molecule is C=CCc1cc(CCOCC2CC2)ccc1OCC1CO1. The van der Waals surface area contributed by atoms with Crippen molar-refractivity contribution in [2.75, 3.05) is 26.4 Å². The van der Waals surface area contributed by atoms with Crippen molar-refractivity contribution in [1.82, 2.24) is 0 Å². The van der Waals surface area contributed by atoms with E-state index in [1.165, 1.54) is 24.0 Å². The Hall–Kier alpha value is -1.32. The summed E-state index contributed by atoms with van der Waals surface area (Å²) in [6, 6.07) is 6.42. The maximum atomic E-state index is 5.83. The molecule has 0 N–H and O–H groups in total. The quantitative estimate of drug-likeness (QED) is 0.376. The van der Waals surface area contributed by atoms with Gasteiger partial charge in [-0.05, 0) is 48.8 Å². The largest absolute Gasteiger partial charge is 0.490 e. The van der Waals surface area contributed by atoms with Crippen LogP contribution in [0.25, 0.3) is 0 Å². The lowest BCUT2D eigenvalue weighted by atomic mass is 10.0. The third-order valence-electron chi connectivity index (χ3n) is 3.90. The van der Waals surface area contributed by atoms with Gasteiger partial charge in [-0.3, -0.25) is 0 Å². The molecule has 1 saturated heterocycles. The lowest BCUT2D eigenvalue weighted by molar-refractivity contribution is 0.127. The van der Waals surface area contributed by atoms with Crippen molar-refractivity contribution in [3.8, 4) is 5.75 Å². The van der Waals surface area contributed by atoms with Gasteiger partial charge in [0, 0.05) is 6.61 Å². The number of rotatable bonds is 10. The minimum Gasteiger partial charge on any atom is -0.490 e. The van der Waals surface area contributed by atoms with Crippen molar-refractivity contribution < 1.29 is 14.2 Å².